The molecule has 1 amide bonds. The molecule has 1 aliphatic rings. The molecular weight excluding hydrogens is 346 g/mol. The molecule has 1 fully saturated rings. The number of benzene rings is 2. The van der Waals surface area contributed by atoms with E-state index in [1.165, 1.54) is 11.1 Å². The fraction of sp³-hybridized carbons (Fsp3) is 0.333. The molecule has 0 unspecified atom stereocenters. The summed E-state index contributed by atoms with van der Waals surface area (Å²) in [6, 6.07) is 20.6. The first-order chi connectivity index (χ1) is 13.7. The number of aryl methyl sites for hydroxylation is 1. The fourth-order valence-corrected chi connectivity index (χ4v) is 3.67. The maximum Gasteiger partial charge on any atom is 0.265 e. The second-order valence-corrected chi connectivity index (χ2v) is 7.40. The topological polar surface area (TPSA) is 56.1 Å². The van der Waals surface area contributed by atoms with Gasteiger partial charge < -0.3 is 10.2 Å². The van der Waals surface area contributed by atoms with Crippen molar-refractivity contribution in [1.82, 2.24) is 10.2 Å². The lowest BCUT2D eigenvalue weighted by atomic mass is 9.90. The first-order valence-electron chi connectivity index (χ1n) is 9.88. The molecule has 1 heterocycles. The van der Waals surface area contributed by atoms with Gasteiger partial charge in [-0.3, -0.25) is 4.79 Å². The minimum Gasteiger partial charge on any atom is -0.386 e. The summed E-state index contributed by atoms with van der Waals surface area (Å²) in [6.45, 7) is 4.08. The highest BCUT2D eigenvalue weighted by Crippen LogP contribution is 2.22. The maximum absolute atomic E-state index is 12.7. The second kappa shape index (κ2) is 9.75. The molecule has 3 rings (SSSR count). The lowest BCUT2D eigenvalue weighted by Crippen LogP contribution is -2.39. The Morgan fingerprint density at radius 3 is 2.50 bits per heavy atom. The van der Waals surface area contributed by atoms with Gasteiger partial charge in [-0.25, -0.2) is 0 Å². The van der Waals surface area contributed by atoms with E-state index in [9.17, 15) is 10.1 Å². The molecule has 4 heteroatoms. The largest absolute Gasteiger partial charge is 0.386 e. The number of hydrogen-bond acceptors (Lipinski definition) is 3. The van der Waals surface area contributed by atoms with Crippen LogP contribution in [0.1, 0.15) is 29.5 Å². The number of carbonyl (C=O) groups excluding carboxylic acids is 1. The van der Waals surface area contributed by atoms with Gasteiger partial charge in [-0.05, 0) is 48.8 Å². The van der Waals surface area contributed by atoms with Gasteiger partial charge in [0.15, 0.2) is 0 Å². The second-order valence-electron chi connectivity index (χ2n) is 7.40. The summed E-state index contributed by atoms with van der Waals surface area (Å²) in [7, 11) is 0. The first-order valence-corrected chi connectivity index (χ1v) is 9.88. The molecular formula is C24H27N3O. The fourth-order valence-electron chi connectivity index (χ4n) is 3.67. The highest BCUT2D eigenvalue weighted by atomic mass is 16.2. The summed E-state index contributed by atoms with van der Waals surface area (Å²) in [5, 5.41) is 12.5. The Kier molecular flexibility index (Phi) is 6.86. The summed E-state index contributed by atoms with van der Waals surface area (Å²) in [5.41, 5.74) is 3.87. The first kappa shape index (κ1) is 19.7. The van der Waals surface area contributed by atoms with Gasteiger partial charge in [-0.15, -0.1) is 0 Å². The number of rotatable bonds is 6. The number of amides is 1. The van der Waals surface area contributed by atoms with Crippen molar-refractivity contribution >= 4 is 5.91 Å². The summed E-state index contributed by atoms with van der Waals surface area (Å²) >= 11 is 0. The van der Waals surface area contributed by atoms with Crippen molar-refractivity contribution in [3.05, 3.63) is 83.1 Å². The van der Waals surface area contributed by atoms with E-state index in [4.69, 9.17) is 0 Å². The SMILES string of the molecule is Cc1ccccc1CN/C=C(/C#N)C(=O)N1CCC(Cc2ccccc2)CC1. The number of likely N-dealkylation sites (tertiary alicyclic amines) is 1. The van der Waals surface area contributed by atoms with Gasteiger partial charge in [0.25, 0.3) is 5.91 Å². The van der Waals surface area contributed by atoms with E-state index in [2.05, 4.69) is 48.6 Å². The quantitative estimate of drug-likeness (QED) is 0.616. The summed E-state index contributed by atoms with van der Waals surface area (Å²) in [5.74, 6) is 0.429. The normalized spacial score (nSPS) is 15.1. The minimum atomic E-state index is -0.169. The highest BCUT2D eigenvalue weighted by molar-refractivity contribution is 5.97. The zero-order chi connectivity index (χ0) is 19.8. The van der Waals surface area contributed by atoms with E-state index in [1.54, 1.807) is 6.20 Å². The zero-order valence-electron chi connectivity index (χ0n) is 16.4. The van der Waals surface area contributed by atoms with Crippen LogP contribution in [0.3, 0.4) is 0 Å². The third-order valence-electron chi connectivity index (χ3n) is 5.42. The van der Waals surface area contributed by atoms with Crippen molar-refractivity contribution in [2.75, 3.05) is 13.1 Å². The molecule has 2 aromatic rings. The number of nitrogens with one attached hydrogen (secondary N) is 1. The van der Waals surface area contributed by atoms with Crippen LogP contribution in [0.4, 0.5) is 0 Å². The molecule has 0 aliphatic carbocycles. The highest BCUT2D eigenvalue weighted by Gasteiger charge is 2.25. The molecule has 0 saturated carbocycles. The molecule has 0 bridgehead atoms. The molecule has 0 atom stereocenters. The average molecular weight is 374 g/mol. The minimum absolute atomic E-state index is 0.169. The molecule has 1 N–H and O–H groups in total. The van der Waals surface area contributed by atoms with Gasteiger partial charge in [-0.2, -0.15) is 5.26 Å². The van der Waals surface area contributed by atoms with Crippen LogP contribution < -0.4 is 5.32 Å². The third kappa shape index (κ3) is 5.23. The molecule has 2 aromatic carbocycles. The van der Waals surface area contributed by atoms with E-state index in [-0.39, 0.29) is 11.5 Å². The number of carbonyl (C=O) groups is 1. The van der Waals surface area contributed by atoms with E-state index in [1.807, 2.05) is 29.2 Å². The van der Waals surface area contributed by atoms with Gasteiger partial charge >= 0.3 is 0 Å². The lowest BCUT2D eigenvalue weighted by molar-refractivity contribution is -0.128. The monoisotopic (exact) mass is 373 g/mol. The molecule has 0 spiro atoms. The summed E-state index contributed by atoms with van der Waals surface area (Å²) in [4.78, 5) is 14.5. The molecule has 1 aliphatic heterocycles. The summed E-state index contributed by atoms with van der Waals surface area (Å²) in [6.07, 6.45) is 4.58. The van der Waals surface area contributed by atoms with Crippen molar-refractivity contribution in [3.63, 3.8) is 0 Å². The van der Waals surface area contributed by atoms with Gasteiger partial charge in [-0.1, -0.05) is 54.6 Å². The lowest BCUT2D eigenvalue weighted by Gasteiger charge is -2.32. The van der Waals surface area contributed by atoms with Gasteiger partial charge in [0.05, 0.1) is 0 Å². The van der Waals surface area contributed by atoms with Crippen LogP contribution in [-0.4, -0.2) is 23.9 Å². The molecule has 0 aromatic heterocycles. The number of piperidine rings is 1. The smallest absolute Gasteiger partial charge is 0.265 e. The van der Waals surface area contributed by atoms with Crippen LogP contribution in [0, 0.1) is 24.2 Å². The van der Waals surface area contributed by atoms with E-state index in [0.717, 1.165) is 24.8 Å². The molecule has 144 valence electrons. The maximum atomic E-state index is 12.7. The number of nitriles is 1. The van der Waals surface area contributed by atoms with Crippen LogP contribution in [0.25, 0.3) is 0 Å². The van der Waals surface area contributed by atoms with Crippen LogP contribution in [0.15, 0.2) is 66.4 Å². The molecule has 4 nitrogen and oxygen atoms in total. The van der Waals surface area contributed by atoms with Crippen molar-refractivity contribution in [2.45, 2.75) is 32.7 Å². The molecule has 1 saturated heterocycles. The molecule has 0 radical (unpaired) electrons. The van der Waals surface area contributed by atoms with Crippen LogP contribution >= 0.6 is 0 Å². The van der Waals surface area contributed by atoms with Crippen molar-refractivity contribution in [2.24, 2.45) is 5.92 Å². The van der Waals surface area contributed by atoms with Crippen LogP contribution in [-0.2, 0) is 17.8 Å². The molecule has 28 heavy (non-hydrogen) atoms. The van der Waals surface area contributed by atoms with E-state index < -0.39 is 0 Å². The van der Waals surface area contributed by atoms with Crippen molar-refractivity contribution < 1.29 is 4.79 Å². The van der Waals surface area contributed by atoms with Crippen LogP contribution in [0.2, 0.25) is 0 Å². The van der Waals surface area contributed by atoms with Gasteiger partial charge in [0.2, 0.25) is 0 Å². The Morgan fingerprint density at radius 1 is 1.14 bits per heavy atom. The van der Waals surface area contributed by atoms with E-state index >= 15 is 0 Å². The average Bonchev–Trinajstić information content (AvgIpc) is 2.73. The number of nitrogens with zero attached hydrogens (tertiary/aromatic N) is 2. The van der Waals surface area contributed by atoms with Crippen LogP contribution in [0.5, 0.6) is 0 Å². The third-order valence-corrected chi connectivity index (χ3v) is 5.42. The standard InChI is InChI=1S/C24H27N3O/c1-19-7-5-6-10-22(19)17-26-18-23(16-25)24(28)27-13-11-21(12-14-27)15-20-8-3-2-4-9-20/h2-10,18,21,26H,11-15,17H2,1H3/b23-18-. The predicted octanol–water partition coefficient (Wildman–Crippen LogP) is 3.97. The Bertz CT molecular complexity index is 859. The summed E-state index contributed by atoms with van der Waals surface area (Å²) < 4.78 is 0. The van der Waals surface area contributed by atoms with Gasteiger partial charge in [0.1, 0.15) is 11.6 Å². The Labute approximate surface area is 167 Å². The van der Waals surface area contributed by atoms with Crippen molar-refractivity contribution in [3.8, 4) is 6.07 Å². The Balaban J connectivity index is 1.51. The predicted molar refractivity (Wildman–Crippen MR) is 111 cm³/mol. The van der Waals surface area contributed by atoms with E-state index in [0.29, 0.717) is 25.6 Å². The number of hydrogen-bond donors (Lipinski definition) is 1. The van der Waals surface area contributed by atoms with Crippen molar-refractivity contribution in [1.29, 1.82) is 5.26 Å². The zero-order valence-corrected chi connectivity index (χ0v) is 16.4. The Hall–Kier alpha value is -3.06. The van der Waals surface area contributed by atoms with Gasteiger partial charge in [0, 0.05) is 25.8 Å². The Morgan fingerprint density at radius 2 is 1.82 bits per heavy atom.